The number of esters is 1. The Morgan fingerprint density at radius 1 is 1.10 bits per heavy atom. The number of thiazole rings is 1. The first-order chi connectivity index (χ1) is 14.1. The number of nitrogens with zero attached hydrogens (tertiary/aromatic N) is 1. The number of fused-ring (bicyclic) bond motifs is 1. The predicted molar refractivity (Wildman–Crippen MR) is 113 cm³/mol. The molecule has 0 unspecified atom stereocenters. The fraction of sp³-hybridized carbons (Fsp3) is 0.136. The molecule has 29 heavy (non-hydrogen) atoms. The summed E-state index contributed by atoms with van der Waals surface area (Å²) in [5.74, 6) is -0.951. The van der Waals surface area contributed by atoms with Crippen LogP contribution in [0.25, 0.3) is 10.2 Å². The number of carbonyl (C=O) groups is 2. The quantitative estimate of drug-likeness (QED) is 0.466. The molecule has 0 radical (unpaired) electrons. The number of hydrogen-bond donors (Lipinski definition) is 2. The molecule has 2 N–H and O–H groups in total. The van der Waals surface area contributed by atoms with E-state index in [1.807, 2.05) is 42.5 Å². The van der Waals surface area contributed by atoms with E-state index in [2.05, 4.69) is 21.4 Å². The number of para-hydroxylation sites is 1. The summed E-state index contributed by atoms with van der Waals surface area (Å²) in [6.07, 6.45) is 1.45. The van der Waals surface area contributed by atoms with Crippen LogP contribution >= 0.6 is 11.3 Å². The monoisotopic (exact) mass is 405 g/mol. The molecule has 4 aromatic rings. The third-order valence-electron chi connectivity index (χ3n) is 4.39. The number of benzene rings is 2. The van der Waals surface area contributed by atoms with Crippen LogP contribution in [0.1, 0.15) is 28.0 Å². The fourth-order valence-corrected chi connectivity index (χ4v) is 3.86. The number of rotatable bonds is 6. The summed E-state index contributed by atoms with van der Waals surface area (Å²) in [7, 11) is 0. The molecular formula is C22H19N3O3S. The first kappa shape index (κ1) is 18.9. The normalized spacial score (nSPS) is 11.9. The molecule has 0 aliphatic heterocycles. The van der Waals surface area contributed by atoms with Crippen molar-refractivity contribution in [1.82, 2.24) is 9.97 Å². The van der Waals surface area contributed by atoms with Gasteiger partial charge in [-0.15, -0.1) is 11.3 Å². The Kier molecular flexibility index (Phi) is 5.39. The second-order valence-corrected chi connectivity index (χ2v) is 7.68. The van der Waals surface area contributed by atoms with Gasteiger partial charge in [0.15, 0.2) is 6.10 Å². The minimum absolute atomic E-state index is 0.309. The Labute approximate surface area is 171 Å². The van der Waals surface area contributed by atoms with Crippen molar-refractivity contribution in [2.45, 2.75) is 19.4 Å². The van der Waals surface area contributed by atoms with E-state index >= 15 is 0 Å². The van der Waals surface area contributed by atoms with Crippen LogP contribution in [0.3, 0.4) is 0 Å². The molecule has 0 spiro atoms. The molecule has 7 heteroatoms. The average Bonchev–Trinajstić information content (AvgIpc) is 3.39. The van der Waals surface area contributed by atoms with Gasteiger partial charge in [-0.05, 0) is 48.9 Å². The predicted octanol–water partition coefficient (Wildman–Crippen LogP) is 4.40. The van der Waals surface area contributed by atoms with E-state index in [-0.39, 0.29) is 5.91 Å². The summed E-state index contributed by atoms with van der Waals surface area (Å²) in [5.41, 5.74) is 3.07. The second-order valence-electron chi connectivity index (χ2n) is 6.57. The summed E-state index contributed by atoms with van der Waals surface area (Å²) in [5, 5.41) is 3.81. The van der Waals surface area contributed by atoms with Gasteiger partial charge >= 0.3 is 5.97 Å². The van der Waals surface area contributed by atoms with Gasteiger partial charge in [0.2, 0.25) is 0 Å². The lowest BCUT2D eigenvalue weighted by Crippen LogP contribution is -2.30. The van der Waals surface area contributed by atoms with Crippen LogP contribution < -0.4 is 5.32 Å². The Bertz CT molecular complexity index is 1100. The molecule has 4 rings (SSSR count). The van der Waals surface area contributed by atoms with Crippen LogP contribution in [0.5, 0.6) is 0 Å². The van der Waals surface area contributed by atoms with Crippen LogP contribution in [0.2, 0.25) is 0 Å². The molecule has 2 aromatic heterocycles. The molecule has 2 aromatic carbocycles. The first-order valence-electron chi connectivity index (χ1n) is 9.17. The van der Waals surface area contributed by atoms with Gasteiger partial charge < -0.3 is 15.0 Å². The second kappa shape index (κ2) is 8.28. The molecule has 0 saturated heterocycles. The number of hydrogen-bond acceptors (Lipinski definition) is 5. The van der Waals surface area contributed by atoms with E-state index in [0.29, 0.717) is 11.4 Å². The molecule has 6 nitrogen and oxygen atoms in total. The standard InChI is InChI=1S/C22H19N3O3S/c1-14(28-22(27)18-6-4-12-23-18)21(26)24-16-10-8-15(9-11-16)13-20-25-17-5-2-3-7-19(17)29-20/h2-12,14,23H,13H2,1H3,(H,24,26)/t14-/m1/s1. The molecular weight excluding hydrogens is 386 g/mol. The van der Waals surface area contributed by atoms with Gasteiger partial charge in [0.25, 0.3) is 5.91 Å². The first-order valence-corrected chi connectivity index (χ1v) is 9.99. The number of ether oxygens (including phenoxy) is 1. The van der Waals surface area contributed by atoms with Gasteiger partial charge in [0, 0.05) is 18.3 Å². The third kappa shape index (κ3) is 4.52. The molecule has 1 amide bonds. The third-order valence-corrected chi connectivity index (χ3v) is 5.42. The number of aromatic nitrogens is 2. The van der Waals surface area contributed by atoms with Crippen molar-refractivity contribution in [1.29, 1.82) is 0 Å². The number of anilines is 1. The van der Waals surface area contributed by atoms with E-state index < -0.39 is 12.1 Å². The Hall–Kier alpha value is -3.45. The van der Waals surface area contributed by atoms with Crippen LogP contribution in [0.15, 0.2) is 66.9 Å². The maximum absolute atomic E-state index is 12.3. The largest absolute Gasteiger partial charge is 0.448 e. The van der Waals surface area contributed by atoms with Crippen molar-refractivity contribution in [3.63, 3.8) is 0 Å². The lowest BCUT2D eigenvalue weighted by Gasteiger charge is -2.13. The molecule has 0 bridgehead atoms. The lowest BCUT2D eigenvalue weighted by atomic mass is 10.1. The van der Waals surface area contributed by atoms with E-state index in [1.54, 1.807) is 29.7 Å². The molecule has 0 aliphatic rings. The number of aromatic amines is 1. The number of H-pyrrole nitrogens is 1. The maximum Gasteiger partial charge on any atom is 0.355 e. The van der Waals surface area contributed by atoms with Crippen LogP contribution in [-0.4, -0.2) is 27.9 Å². The van der Waals surface area contributed by atoms with Gasteiger partial charge in [-0.3, -0.25) is 4.79 Å². The zero-order chi connectivity index (χ0) is 20.2. The van der Waals surface area contributed by atoms with E-state index in [0.717, 1.165) is 22.5 Å². The van der Waals surface area contributed by atoms with E-state index in [1.165, 1.54) is 11.6 Å². The number of nitrogens with one attached hydrogen (secondary N) is 2. The zero-order valence-corrected chi connectivity index (χ0v) is 16.5. The summed E-state index contributed by atoms with van der Waals surface area (Å²) < 4.78 is 6.35. The van der Waals surface area contributed by atoms with Crippen molar-refractivity contribution >= 4 is 39.1 Å². The Morgan fingerprint density at radius 3 is 2.62 bits per heavy atom. The highest BCUT2D eigenvalue weighted by Gasteiger charge is 2.19. The number of amides is 1. The molecule has 146 valence electrons. The van der Waals surface area contributed by atoms with Gasteiger partial charge in [0.1, 0.15) is 5.69 Å². The Morgan fingerprint density at radius 2 is 1.90 bits per heavy atom. The minimum atomic E-state index is -0.909. The summed E-state index contributed by atoms with van der Waals surface area (Å²) in [6, 6.07) is 18.9. The highest BCUT2D eigenvalue weighted by molar-refractivity contribution is 7.18. The topological polar surface area (TPSA) is 84.1 Å². The Balaban J connectivity index is 1.34. The van der Waals surface area contributed by atoms with Gasteiger partial charge in [-0.25, -0.2) is 9.78 Å². The highest BCUT2D eigenvalue weighted by atomic mass is 32.1. The van der Waals surface area contributed by atoms with Crippen LogP contribution in [0.4, 0.5) is 5.69 Å². The van der Waals surface area contributed by atoms with Crippen molar-refractivity contribution in [2.75, 3.05) is 5.32 Å². The summed E-state index contributed by atoms with van der Waals surface area (Å²) in [4.78, 5) is 31.6. The fourth-order valence-electron chi connectivity index (χ4n) is 2.85. The van der Waals surface area contributed by atoms with Crippen molar-refractivity contribution in [3.8, 4) is 0 Å². The molecule has 2 heterocycles. The van der Waals surface area contributed by atoms with E-state index in [9.17, 15) is 9.59 Å². The van der Waals surface area contributed by atoms with Crippen LogP contribution in [-0.2, 0) is 16.0 Å². The number of carbonyl (C=O) groups excluding carboxylic acids is 2. The molecule has 0 saturated carbocycles. The van der Waals surface area contributed by atoms with Crippen molar-refractivity contribution < 1.29 is 14.3 Å². The van der Waals surface area contributed by atoms with Crippen molar-refractivity contribution in [2.24, 2.45) is 0 Å². The molecule has 1 atom stereocenters. The van der Waals surface area contributed by atoms with Crippen molar-refractivity contribution in [3.05, 3.63) is 83.1 Å². The van der Waals surface area contributed by atoms with Crippen LogP contribution in [0, 0.1) is 0 Å². The maximum atomic E-state index is 12.3. The summed E-state index contributed by atoms with van der Waals surface area (Å²) >= 11 is 1.68. The molecule has 0 fully saturated rings. The molecule has 0 aliphatic carbocycles. The van der Waals surface area contributed by atoms with Gasteiger partial charge in [-0.2, -0.15) is 0 Å². The minimum Gasteiger partial charge on any atom is -0.448 e. The van der Waals surface area contributed by atoms with Gasteiger partial charge in [0.05, 0.1) is 15.2 Å². The average molecular weight is 405 g/mol. The SMILES string of the molecule is C[C@@H](OC(=O)c1ccc[nH]1)C(=O)Nc1ccc(Cc2nc3ccccc3s2)cc1. The highest BCUT2D eigenvalue weighted by Crippen LogP contribution is 2.24. The smallest absolute Gasteiger partial charge is 0.355 e. The zero-order valence-electron chi connectivity index (χ0n) is 15.7. The van der Waals surface area contributed by atoms with E-state index in [4.69, 9.17) is 4.74 Å². The van der Waals surface area contributed by atoms with Gasteiger partial charge in [-0.1, -0.05) is 24.3 Å². The lowest BCUT2D eigenvalue weighted by molar-refractivity contribution is -0.123. The summed E-state index contributed by atoms with van der Waals surface area (Å²) in [6.45, 7) is 1.54.